The van der Waals surface area contributed by atoms with E-state index in [1.807, 2.05) is 42.8 Å². The summed E-state index contributed by atoms with van der Waals surface area (Å²) < 4.78 is 20.7. The number of aromatic nitrogens is 5. The number of benzene rings is 1. The third-order valence-electron chi connectivity index (χ3n) is 5.45. The highest BCUT2D eigenvalue weighted by Crippen LogP contribution is 2.30. The summed E-state index contributed by atoms with van der Waals surface area (Å²) in [5.74, 6) is 1.13. The maximum atomic E-state index is 13.3. The lowest BCUT2D eigenvalue weighted by Crippen LogP contribution is -2.12. The largest absolute Gasteiger partial charge is 0.479 e. The summed E-state index contributed by atoms with van der Waals surface area (Å²) in [4.78, 5) is 8.94. The van der Waals surface area contributed by atoms with Crippen LogP contribution in [0.5, 0.6) is 5.88 Å². The normalized spacial score (nSPS) is 12.1. The Morgan fingerprint density at radius 1 is 1.00 bits per heavy atom. The molecule has 0 aliphatic carbocycles. The molecule has 0 bridgehead atoms. The first-order valence-electron chi connectivity index (χ1n) is 10.8. The van der Waals surface area contributed by atoms with Crippen LogP contribution in [0.2, 0.25) is 0 Å². The number of pyridine rings is 1. The second kappa shape index (κ2) is 9.36. The molecule has 33 heavy (non-hydrogen) atoms. The molecule has 8 heteroatoms. The van der Waals surface area contributed by atoms with Gasteiger partial charge in [0.05, 0.1) is 30.9 Å². The van der Waals surface area contributed by atoms with E-state index in [0.29, 0.717) is 23.1 Å². The van der Waals surface area contributed by atoms with Crippen molar-refractivity contribution in [1.29, 1.82) is 0 Å². The number of aryl methyl sites for hydroxylation is 1. The third-order valence-corrected chi connectivity index (χ3v) is 5.45. The van der Waals surface area contributed by atoms with Crippen LogP contribution in [0.1, 0.15) is 49.6 Å². The molecular weight excluding hydrogens is 419 g/mol. The Balaban J connectivity index is 1.65. The third kappa shape index (κ3) is 4.84. The number of ether oxygens (including phenoxy) is 1. The topological polar surface area (TPSA) is 77.8 Å². The Hall–Kier alpha value is -3.81. The molecule has 0 spiro atoms. The fourth-order valence-electron chi connectivity index (χ4n) is 3.60. The van der Waals surface area contributed by atoms with Crippen molar-refractivity contribution in [1.82, 2.24) is 24.7 Å². The van der Waals surface area contributed by atoms with Crippen molar-refractivity contribution >= 4 is 5.82 Å². The SMILES string of the molecule is COc1nc(-c2cc(C(C)C)c(N[C@@H](C)c3ccc(F)cc3)nn2)ccc1-n1cnc(C)c1. The van der Waals surface area contributed by atoms with Crippen molar-refractivity contribution in [3.8, 4) is 23.0 Å². The molecular formula is C25H27FN6O. The van der Waals surface area contributed by atoms with Crippen molar-refractivity contribution in [2.24, 2.45) is 0 Å². The lowest BCUT2D eigenvalue weighted by Gasteiger charge is -2.19. The minimum Gasteiger partial charge on any atom is -0.479 e. The summed E-state index contributed by atoms with van der Waals surface area (Å²) in [6.45, 7) is 8.15. The van der Waals surface area contributed by atoms with E-state index in [1.165, 1.54) is 12.1 Å². The molecule has 1 atom stereocenters. The van der Waals surface area contributed by atoms with Gasteiger partial charge in [-0.2, -0.15) is 0 Å². The summed E-state index contributed by atoms with van der Waals surface area (Å²) in [5.41, 5.74) is 5.01. The zero-order valence-electron chi connectivity index (χ0n) is 19.4. The van der Waals surface area contributed by atoms with Crippen LogP contribution in [0.15, 0.2) is 55.0 Å². The monoisotopic (exact) mass is 446 g/mol. The Kier molecular flexibility index (Phi) is 6.35. The van der Waals surface area contributed by atoms with Crippen LogP contribution in [0, 0.1) is 12.7 Å². The van der Waals surface area contributed by atoms with Gasteiger partial charge < -0.3 is 14.6 Å². The van der Waals surface area contributed by atoms with Crippen LogP contribution in [-0.4, -0.2) is 31.8 Å². The van der Waals surface area contributed by atoms with Crippen LogP contribution in [0.4, 0.5) is 10.2 Å². The fraction of sp³-hybridized carbons (Fsp3) is 0.280. The van der Waals surface area contributed by atoms with E-state index in [9.17, 15) is 4.39 Å². The molecule has 1 aromatic carbocycles. The number of nitrogens with zero attached hydrogens (tertiary/aromatic N) is 5. The highest BCUT2D eigenvalue weighted by molar-refractivity contribution is 5.62. The number of anilines is 1. The van der Waals surface area contributed by atoms with Gasteiger partial charge in [-0.3, -0.25) is 0 Å². The number of rotatable bonds is 7. The van der Waals surface area contributed by atoms with Gasteiger partial charge in [-0.15, -0.1) is 10.2 Å². The van der Waals surface area contributed by atoms with Gasteiger partial charge in [0.15, 0.2) is 5.82 Å². The van der Waals surface area contributed by atoms with Crippen molar-refractivity contribution in [3.05, 3.63) is 77.6 Å². The molecule has 7 nitrogen and oxygen atoms in total. The van der Waals surface area contributed by atoms with Crippen molar-refractivity contribution in [2.75, 3.05) is 12.4 Å². The predicted molar refractivity (Wildman–Crippen MR) is 126 cm³/mol. The van der Waals surface area contributed by atoms with Crippen molar-refractivity contribution in [2.45, 2.75) is 39.7 Å². The summed E-state index contributed by atoms with van der Waals surface area (Å²) in [7, 11) is 1.59. The lowest BCUT2D eigenvalue weighted by molar-refractivity contribution is 0.396. The van der Waals surface area contributed by atoms with Gasteiger partial charge in [0.25, 0.3) is 0 Å². The molecule has 0 aliphatic heterocycles. The molecule has 170 valence electrons. The Morgan fingerprint density at radius 3 is 2.39 bits per heavy atom. The molecule has 3 aromatic heterocycles. The average Bonchev–Trinajstić information content (AvgIpc) is 3.25. The van der Waals surface area contributed by atoms with Gasteiger partial charge >= 0.3 is 0 Å². The van der Waals surface area contributed by atoms with Gasteiger partial charge in [-0.05, 0) is 55.7 Å². The summed E-state index contributed by atoms with van der Waals surface area (Å²) in [6.07, 6.45) is 3.65. The van der Waals surface area contributed by atoms with E-state index in [4.69, 9.17) is 4.74 Å². The smallest absolute Gasteiger partial charge is 0.238 e. The molecule has 0 fully saturated rings. The average molecular weight is 447 g/mol. The second-order valence-corrected chi connectivity index (χ2v) is 8.25. The van der Waals surface area contributed by atoms with Crippen LogP contribution in [-0.2, 0) is 0 Å². The van der Waals surface area contributed by atoms with Gasteiger partial charge in [0, 0.05) is 11.8 Å². The quantitative estimate of drug-likeness (QED) is 0.405. The zero-order valence-corrected chi connectivity index (χ0v) is 19.4. The summed E-state index contributed by atoms with van der Waals surface area (Å²) in [5, 5.41) is 12.3. The van der Waals surface area contributed by atoms with Crippen molar-refractivity contribution in [3.63, 3.8) is 0 Å². The van der Waals surface area contributed by atoms with Crippen LogP contribution in [0.3, 0.4) is 0 Å². The first kappa shape index (κ1) is 22.4. The molecule has 0 saturated carbocycles. The standard InChI is InChI=1S/C25H27FN6O/c1-15(2)20-12-22(30-31-24(20)28-17(4)18-6-8-19(26)9-7-18)21-10-11-23(25(29-21)33-5)32-13-16(3)27-14-32/h6-15,17H,1-5H3,(H,28,31)/t17-/m0/s1. The van der Waals surface area contributed by atoms with E-state index in [-0.39, 0.29) is 17.8 Å². The van der Waals surface area contributed by atoms with Crippen LogP contribution < -0.4 is 10.1 Å². The first-order valence-corrected chi connectivity index (χ1v) is 10.8. The fourth-order valence-corrected chi connectivity index (χ4v) is 3.60. The molecule has 0 aliphatic rings. The van der Waals surface area contributed by atoms with E-state index in [0.717, 1.165) is 22.5 Å². The molecule has 3 heterocycles. The number of nitrogens with one attached hydrogen (secondary N) is 1. The Labute approximate surface area is 192 Å². The maximum absolute atomic E-state index is 13.3. The minimum absolute atomic E-state index is 0.0561. The molecule has 1 N–H and O–H groups in total. The summed E-state index contributed by atoms with van der Waals surface area (Å²) in [6, 6.07) is 12.2. The number of hydrogen-bond donors (Lipinski definition) is 1. The molecule has 0 unspecified atom stereocenters. The molecule has 0 radical (unpaired) electrons. The highest BCUT2D eigenvalue weighted by atomic mass is 19.1. The predicted octanol–water partition coefficient (Wildman–Crippen LogP) is 5.48. The van der Waals surface area contributed by atoms with E-state index < -0.39 is 0 Å². The Bertz CT molecular complexity index is 1250. The van der Waals surface area contributed by atoms with Gasteiger partial charge in [0.2, 0.25) is 5.88 Å². The number of hydrogen-bond acceptors (Lipinski definition) is 6. The zero-order chi connectivity index (χ0) is 23.5. The maximum Gasteiger partial charge on any atom is 0.238 e. The lowest BCUT2D eigenvalue weighted by atomic mass is 10.0. The second-order valence-electron chi connectivity index (χ2n) is 8.25. The molecule has 4 rings (SSSR count). The van der Waals surface area contributed by atoms with Gasteiger partial charge in [-0.1, -0.05) is 26.0 Å². The molecule has 0 saturated heterocycles. The van der Waals surface area contributed by atoms with Crippen LogP contribution >= 0.6 is 0 Å². The van der Waals surface area contributed by atoms with E-state index in [2.05, 4.69) is 39.3 Å². The van der Waals surface area contributed by atoms with Crippen LogP contribution in [0.25, 0.3) is 17.1 Å². The minimum atomic E-state index is -0.255. The van der Waals surface area contributed by atoms with E-state index in [1.54, 1.807) is 25.6 Å². The molecule has 0 amide bonds. The summed E-state index contributed by atoms with van der Waals surface area (Å²) >= 11 is 0. The number of methoxy groups -OCH3 is 1. The van der Waals surface area contributed by atoms with E-state index >= 15 is 0 Å². The highest BCUT2D eigenvalue weighted by Gasteiger charge is 2.17. The number of imidazole rings is 1. The van der Waals surface area contributed by atoms with Gasteiger partial charge in [-0.25, -0.2) is 14.4 Å². The first-order chi connectivity index (χ1) is 15.9. The van der Waals surface area contributed by atoms with Gasteiger partial charge in [0.1, 0.15) is 17.2 Å². The Morgan fingerprint density at radius 2 is 1.76 bits per heavy atom. The number of halogens is 1. The molecule has 4 aromatic rings. The van der Waals surface area contributed by atoms with Crippen molar-refractivity contribution < 1.29 is 9.13 Å².